The zero-order valence-corrected chi connectivity index (χ0v) is 14.6. The molecule has 2 N–H and O–H groups in total. The van der Waals surface area contributed by atoms with E-state index < -0.39 is 23.9 Å². The summed E-state index contributed by atoms with van der Waals surface area (Å²) < 4.78 is 33.5. The van der Waals surface area contributed by atoms with Crippen molar-refractivity contribution in [3.63, 3.8) is 0 Å². The molecule has 0 fully saturated rings. The van der Waals surface area contributed by atoms with Crippen LogP contribution >= 0.6 is 11.6 Å². The minimum atomic E-state index is -2.89. The van der Waals surface area contributed by atoms with Crippen LogP contribution in [0, 0.1) is 0 Å². The second-order valence-electron chi connectivity index (χ2n) is 6.13. The Morgan fingerprint density at radius 1 is 1.37 bits per heavy atom. The Morgan fingerprint density at radius 2 is 2.19 bits per heavy atom. The van der Waals surface area contributed by atoms with Gasteiger partial charge in [0.05, 0.1) is 5.02 Å². The number of nitrogens with one attached hydrogen (secondary N) is 2. The Balaban J connectivity index is 1.68. The molecule has 142 valence electrons. The SMILES string of the molecule is O=C1COc2cc(Cl)c(NC(=O)c3c(C(F)F)nc4n3CCCC4)nc2N1. The lowest BCUT2D eigenvalue weighted by Gasteiger charge is -2.19. The van der Waals surface area contributed by atoms with Gasteiger partial charge in [0.15, 0.2) is 24.0 Å². The van der Waals surface area contributed by atoms with Gasteiger partial charge in [0.1, 0.15) is 17.2 Å². The second-order valence-corrected chi connectivity index (χ2v) is 6.54. The average molecular weight is 398 g/mol. The molecule has 2 aromatic heterocycles. The zero-order chi connectivity index (χ0) is 19.1. The number of nitrogens with zero attached hydrogens (tertiary/aromatic N) is 3. The zero-order valence-electron chi connectivity index (χ0n) is 13.9. The number of fused-ring (bicyclic) bond motifs is 2. The highest BCUT2D eigenvalue weighted by Crippen LogP contribution is 2.34. The molecule has 4 heterocycles. The van der Waals surface area contributed by atoms with Gasteiger partial charge in [0, 0.05) is 19.0 Å². The molecule has 8 nitrogen and oxygen atoms in total. The number of carbonyl (C=O) groups is 2. The van der Waals surface area contributed by atoms with Crippen molar-refractivity contribution in [2.75, 3.05) is 17.2 Å². The lowest BCUT2D eigenvalue weighted by Crippen LogP contribution is -2.27. The third-order valence-corrected chi connectivity index (χ3v) is 4.61. The maximum Gasteiger partial charge on any atom is 0.282 e. The molecular weight excluding hydrogens is 384 g/mol. The molecule has 27 heavy (non-hydrogen) atoms. The molecular formula is C16H14ClF2N5O3. The number of pyridine rings is 1. The monoisotopic (exact) mass is 397 g/mol. The number of aryl methyl sites for hydroxylation is 1. The van der Waals surface area contributed by atoms with Crippen molar-refractivity contribution in [1.82, 2.24) is 14.5 Å². The Kier molecular flexibility index (Phi) is 4.42. The fourth-order valence-electron chi connectivity index (χ4n) is 3.13. The van der Waals surface area contributed by atoms with Crippen LogP contribution in [-0.4, -0.2) is 33.0 Å². The number of aromatic nitrogens is 3. The van der Waals surface area contributed by atoms with Crippen LogP contribution in [0.4, 0.5) is 20.4 Å². The summed E-state index contributed by atoms with van der Waals surface area (Å²) >= 11 is 6.11. The number of amides is 2. The summed E-state index contributed by atoms with van der Waals surface area (Å²) in [7, 11) is 0. The molecule has 4 rings (SSSR count). The molecule has 2 aliphatic heterocycles. The van der Waals surface area contributed by atoms with E-state index in [0.717, 1.165) is 12.8 Å². The summed E-state index contributed by atoms with van der Waals surface area (Å²) in [5.74, 6) is -0.449. The molecule has 0 spiro atoms. The fourth-order valence-corrected chi connectivity index (χ4v) is 3.32. The number of alkyl halides is 2. The Labute approximate surface area is 156 Å². The summed E-state index contributed by atoms with van der Waals surface area (Å²) in [4.78, 5) is 32.2. The highest BCUT2D eigenvalue weighted by atomic mass is 35.5. The van der Waals surface area contributed by atoms with E-state index in [1.165, 1.54) is 10.6 Å². The van der Waals surface area contributed by atoms with Gasteiger partial charge in [-0.2, -0.15) is 0 Å². The highest BCUT2D eigenvalue weighted by molar-refractivity contribution is 6.33. The molecule has 11 heteroatoms. The quantitative estimate of drug-likeness (QED) is 0.829. The predicted octanol–water partition coefficient (Wildman–Crippen LogP) is 2.79. The number of hydrogen-bond donors (Lipinski definition) is 2. The Bertz CT molecular complexity index is 947. The molecule has 0 aromatic carbocycles. The number of anilines is 2. The van der Waals surface area contributed by atoms with Crippen molar-refractivity contribution >= 4 is 35.1 Å². The van der Waals surface area contributed by atoms with E-state index >= 15 is 0 Å². The van der Waals surface area contributed by atoms with Crippen LogP contribution in [0.3, 0.4) is 0 Å². The predicted molar refractivity (Wildman–Crippen MR) is 91.4 cm³/mol. The number of halogens is 3. The number of carbonyl (C=O) groups excluding carboxylic acids is 2. The fraction of sp³-hybridized carbons (Fsp3) is 0.375. The van der Waals surface area contributed by atoms with Crippen LogP contribution in [0.1, 0.15) is 41.3 Å². The smallest absolute Gasteiger partial charge is 0.282 e. The van der Waals surface area contributed by atoms with Crippen LogP contribution in [-0.2, 0) is 17.8 Å². The first-order valence-electron chi connectivity index (χ1n) is 8.26. The molecule has 0 saturated carbocycles. The van der Waals surface area contributed by atoms with Gasteiger partial charge < -0.3 is 19.9 Å². The largest absolute Gasteiger partial charge is 0.480 e. The van der Waals surface area contributed by atoms with Crippen molar-refractivity contribution in [2.24, 2.45) is 0 Å². The summed E-state index contributed by atoms with van der Waals surface area (Å²) in [5, 5.41) is 4.98. The maximum atomic E-state index is 13.4. The third kappa shape index (κ3) is 3.20. The minimum Gasteiger partial charge on any atom is -0.480 e. The van der Waals surface area contributed by atoms with E-state index in [1.54, 1.807) is 0 Å². The van der Waals surface area contributed by atoms with Crippen LogP contribution in [0.15, 0.2) is 6.07 Å². The first-order chi connectivity index (χ1) is 12.9. The Hall–Kier alpha value is -2.75. The van der Waals surface area contributed by atoms with Gasteiger partial charge in [0.2, 0.25) is 0 Å². The average Bonchev–Trinajstić information content (AvgIpc) is 3.02. The summed E-state index contributed by atoms with van der Waals surface area (Å²) in [6, 6.07) is 1.39. The topological polar surface area (TPSA) is 98.1 Å². The van der Waals surface area contributed by atoms with Gasteiger partial charge in [-0.05, 0) is 12.8 Å². The maximum absolute atomic E-state index is 13.4. The summed E-state index contributed by atoms with van der Waals surface area (Å²) in [5.41, 5.74) is -0.759. The van der Waals surface area contributed by atoms with E-state index in [0.29, 0.717) is 18.8 Å². The molecule has 2 aliphatic rings. The first-order valence-corrected chi connectivity index (χ1v) is 8.64. The van der Waals surface area contributed by atoms with Crippen molar-refractivity contribution in [2.45, 2.75) is 32.2 Å². The van der Waals surface area contributed by atoms with E-state index in [9.17, 15) is 18.4 Å². The standard InChI is InChI=1S/C16H14ClF2N5O3/c17-7-5-8-15(21-10(25)6-27-8)22-14(7)23-16(26)12-11(13(18)19)20-9-3-1-2-4-24(9)12/h5,13H,1-4,6H2,(H2,21,22,23,25,26). The normalized spacial score (nSPS) is 15.6. The molecule has 0 atom stereocenters. The molecule has 2 amide bonds. The first kappa shape index (κ1) is 17.7. The number of rotatable bonds is 3. The lowest BCUT2D eigenvalue weighted by atomic mass is 10.1. The van der Waals surface area contributed by atoms with Crippen molar-refractivity contribution in [1.29, 1.82) is 0 Å². The number of hydrogen-bond acceptors (Lipinski definition) is 5. The van der Waals surface area contributed by atoms with E-state index in [-0.39, 0.29) is 34.7 Å². The van der Waals surface area contributed by atoms with Gasteiger partial charge in [-0.1, -0.05) is 11.6 Å². The van der Waals surface area contributed by atoms with Crippen molar-refractivity contribution in [3.05, 3.63) is 28.3 Å². The van der Waals surface area contributed by atoms with E-state index in [4.69, 9.17) is 16.3 Å². The van der Waals surface area contributed by atoms with Gasteiger partial charge >= 0.3 is 0 Å². The van der Waals surface area contributed by atoms with E-state index in [2.05, 4.69) is 20.6 Å². The molecule has 0 aliphatic carbocycles. The van der Waals surface area contributed by atoms with Crippen LogP contribution in [0.25, 0.3) is 0 Å². The highest BCUT2D eigenvalue weighted by Gasteiger charge is 2.30. The van der Waals surface area contributed by atoms with Crippen molar-refractivity contribution in [3.8, 4) is 5.75 Å². The van der Waals surface area contributed by atoms with E-state index in [1.807, 2.05) is 0 Å². The lowest BCUT2D eigenvalue weighted by molar-refractivity contribution is -0.118. The van der Waals surface area contributed by atoms with Crippen LogP contribution < -0.4 is 15.4 Å². The molecule has 2 aromatic rings. The van der Waals surface area contributed by atoms with Crippen molar-refractivity contribution < 1.29 is 23.1 Å². The van der Waals surface area contributed by atoms with Crippen LogP contribution in [0.2, 0.25) is 5.02 Å². The third-order valence-electron chi connectivity index (χ3n) is 4.32. The van der Waals surface area contributed by atoms with Gasteiger partial charge in [-0.3, -0.25) is 9.59 Å². The van der Waals surface area contributed by atoms with Gasteiger partial charge in [-0.15, -0.1) is 0 Å². The van der Waals surface area contributed by atoms with Gasteiger partial charge in [0.25, 0.3) is 18.2 Å². The second kappa shape index (κ2) is 6.76. The molecule has 0 saturated heterocycles. The molecule has 0 radical (unpaired) electrons. The molecule has 0 bridgehead atoms. The number of imidazole rings is 1. The minimum absolute atomic E-state index is 0.0511. The number of ether oxygens (including phenoxy) is 1. The molecule has 0 unspecified atom stereocenters. The van der Waals surface area contributed by atoms with Gasteiger partial charge in [-0.25, -0.2) is 18.7 Å². The van der Waals surface area contributed by atoms with Crippen LogP contribution in [0.5, 0.6) is 5.75 Å². The Morgan fingerprint density at radius 3 is 2.96 bits per heavy atom. The summed E-state index contributed by atoms with van der Waals surface area (Å²) in [6.07, 6.45) is -0.746. The summed E-state index contributed by atoms with van der Waals surface area (Å²) in [6.45, 7) is 0.267.